The molecule has 1 heterocycles. The first-order chi connectivity index (χ1) is 15.0. The Bertz CT molecular complexity index is 928. The van der Waals surface area contributed by atoms with E-state index >= 15 is 0 Å². The van der Waals surface area contributed by atoms with Gasteiger partial charge in [-0.3, -0.25) is 14.4 Å². The van der Waals surface area contributed by atoms with E-state index < -0.39 is 24.4 Å². The minimum atomic E-state index is -0.617. The number of carbonyl (C=O) groups is 3. The van der Waals surface area contributed by atoms with E-state index in [4.69, 9.17) is 14.2 Å². The van der Waals surface area contributed by atoms with Crippen LogP contribution in [-0.4, -0.2) is 44.7 Å². The number of ether oxygens (including phenoxy) is 3. The van der Waals surface area contributed by atoms with Crippen LogP contribution in [-0.2, 0) is 19.1 Å². The highest BCUT2D eigenvalue weighted by atomic mass is 16.5. The molecule has 1 aliphatic rings. The van der Waals surface area contributed by atoms with Gasteiger partial charge in [-0.15, -0.1) is 0 Å². The molecule has 2 aromatic rings. The molecule has 8 nitrogen and oxygen atoms in total. The lowest BCUT2D eigenvalue weighted by Gasteiger charge is -2.17. The molecule has 0 spiro atoms. The number of rotatable bonds is 9. The van der Waals surface area contributed by atoms with Crippen molar-refractivity contribution in [3.05, 3.63) is 48.5 Å². The molecule has 0 unspecified atom stereocenters. The summed E-state index contributed by atoms with van der Waals surface area (Å²) in [6.07, 6.45) is 0.956. The fraction of sp³-hybridized carbons (Fsp3) is 0.348. The number of esters is 1. The molecule has 1 aliphatic heterocycles. The van der Waals surface area contributed by atoms with Crippen molar-refractivity contribution in [2.75, 3.05) is 37.1 Å². The predicted molar refractivity (Wildman–Crippen MR) is 115 cm³/mol. The van der Waals surface area contributed by atoms with Gasteiger partial charge < -0.3 is 24.4 Å². The van der Waals surface area contributed by atoms with Crippen LogP contribution in [0.2, 0.25) is 0 Å². The van der Waals surface area contributed by atoms with Gasteiger partial charge in [0.05, 0.1) is 19.6 Å². The van der Waals surface area contributed by atoms with Gasteiger partial charge in [0.25, 0.3) is 5.91 Å². The van der Waals surface area contributed by atoms with Crippen LogP contribution in [0.1, 0.15) is 19.8 Å². The number of carbonyl (C=O) groups excluding carboxylic acids is 3. The van der Waals surface area contributed by atoms with Crippen LogP contribution in [0.25, 0.3) is 0 Å². The Labute approximate surface area is 181 Å². The molecule has 3 rings (SSSR count). The Morgan fingerprint density at radius 3 is 2.61 bits per heavy atom. The molecule has 1 fully saturated rings. The summed E-state index contributed by atoms with van der Waals surface area (Å²) in [7, 11) is 1.53. The van der Waals surface area contributed by atoms with Crippen molar-refractivity contribution in [1.82, 2.24) is 0 Å². The maximum Gasteiger partial charge on any atom is 0.311 e. The highest BCUT2D eigenvalue weighted by Gasteiger charge is 2.36. The molecule has 8 heteroatoms. The first-order valence-corrected chi connectivity index (χ1v) is 10.1. The van der Waals surface area contributed by atoms with Crippen LogP contribution in [0, 0.1) is 5.92 Å². The SMILES string of the molecule is CCCOc1ccc(N2C[C@@H](C(=O)OCC(=O)Nc3cccc(OC)c3)CC2=O)cc1. The van der Waals surface area contributed by atoms with E-state index in [1.807, 2.05) is 6.92 Å². The summed E-state index contributed by atoms with van der Waals surface area (Å²) in [6, 6.07) is 14.0. The summed E-state index contributed by atoms with van der Waals surface area (Å²) in [5.41, 5.74) is 1.23. The summed E-state index contributed by atoms with van der Waals surface area (Å²) in [5, 5.41) is 2.64. The molecule has 0 aromatic heterocycles. The highest BCUT2D eigenvalue weighted by Crippen LogP contribution is 2.27. The van der Waals surface area contributed by atoms with E-state index in [1.165, 1.54) is 7.11 Å². The number of nitrogens with zero attached hydrogens (tertiary/aromatic N) is 1. The van der Waals surface area contributed by atoms with Crippen LogP contribution in [0.5, 0.6) is 11.5 Å². The molecule has 164 valence electrons. The van der Waals surface area contributed by atoms with Gasteiger partial charge in [-0.05, 0) is 42.8 Å². The molecular weight excluding hydrogens is 400 g/mol. The number of methoxy groups -OCH3 is 1. The van der Waals surface area contributed by atoms with Gasteiger partial charge in [0.1, 0.15) is 11.5 Å². The number of hydrogen-bond donors (Lipinski definition) is 1. The Balaban J connectivity index is 1.50. The summed E-state index contributed by atoms with van der Waals surface area (Å²) >= 11 is 0. The Morgan fingerprint density at radius 2 is 1.90 bits per heavy atom. The van der Waals surface area contributed by atoms with Gasteiger partial charge in [0, 0.05) is 30.4 Å². The van der Waals surface area contributed by atoms with E-state index in [0.717, 1.165) is 12.2 Å². The van der Waals surface area contributed by atoms with Gasteiger partial charge in [-0.25, -0.2) is 0 Å². The van der Waals surface area contributed by atoms with Crippen molar-refractivity contribution in [2.45, 2.75) is 19.8 Å². The minimum Gasteiger partial charge on any atom is -0.497 e. The molecule has 0 bridgehead atoms. The maximum absolute atomic E-state index is 12.4. The topological polar surface area (TPSA) is 94.2 Å². The van der Waals surface area contributed by atoms with Crippen molar-refractivity contribution in [3.63, 3.8) is 0 Å². The van der Waals surface area contributed by atoms with Crippen molar-refractivity contribution < 1.29 is 28.6 Å². The summed E-state index contributed by atoms with van der Waals surface area (Å²) < 4.78 is 15.8. The zero-order chi connectivity index (χ0) is 22.2. The largest absolute Gasteiger partial charge is 0.497 e. The molecular formula is C23H26N2O6. The van der Waals surface area contributed by atoms with Crippen molar-refractivity contribution in [3.8, 4) is 11.5 Å². The standard InChI is InChI=1S/C23H26N2O6/c1-3-11-30-19-9-7-18(8-10-19)25-14-16(12-22(25)27)23(28)31-15-21(26)24-17-5-4-6-20(13-17)29-2/h4-10,13,16H,3,11-12,14-15H2,1-2H3,(H,24,26)/t16-/m0/s1. The minimum absolute atomic E-state index is 0.0461. The fourth-order valence-corrected chi connectivity index (χ4v) is 3.21. The lowest BCUT2D eigenvalue weighted by atomic mass is 10.1. The van der Waals surface area contributed by atoms with E-state index in [9.17, 15) is 14.4 Å². The summed E-state index contributed by atoms with van der Waals surface area (Å²) in [5.74, 6) is -0.484. The monoisotopic (exact) mass is 426 g/mol. The molecule has 1 atom stereocenters. The zero-order valence-corrected chi connectivity index (χ0v) is 17.6. The van der Waals surface area contributed by atoms with E-state index in [1.54, 1.807) is 53.4 Å². The number of benzene rings is 2. The number of hydrogen-bond acceptors (Lipinski definition) is 6. The maximum atomic E-state index is 12.4. The highest BCUT2D eigenvalue weighted by molar-refractivity contribution is 6.00. The summed E-state index contributed by atoms with van der Waals surface area (Å²) in [4.78, 5) is 38.4. The zero-order valence-electron chi connectivity index (χ0n) is 17.6. The lowest BCUT2D eigenvalue weighted by Crippen LogP contribution is -2.28. The predicted octanol–water partition coefficient (Wildman–Crippen LogP) is 3.02. The van der Waals surface area contributed by atoms with Gasteiger partial charge in [-0.2, -0.15) is 0 Å². The average molecular weight is 426 g/mol. The lowest BCUT2D eigenvalue weighted by molar-refractivity contribution is -0.151. The Morgan fingerprint density at radius 1 is 1.13 bits per heavy atom. The second-order valence-corrected chi connectivity index (χ2v) is 7.14. The third kappa shape index (κ3) is 5.97. The van der Waals surface area contributed by atoms with Gasteiger partial charge >= 0.3 is 5.97 Å². The van der Waals surface area contributed by atoms with Crippen LogP contribution in [0.15, 0.2) is 48.5 Å². The molecule has 31 heavy (non-hydrogen) atoms. The Hall–Kier alpha value is -3.55. The Kier molecular flexibility index (Phi) is 7.48. The average Bonchev–Trinajstić information content (AvgIpc) is 3.18. The van der Waals surface area contributed by atoms with Gasteiger partial charge in [0.2, 0.25) is 5.91 Å². The van der Waals surface area contributed by atoms with Gasteiger partial charge in [-0.1, -0.05) is 13.0 Å². The van der Waals surface area contributed by atoms with Gasteiger partial charge in [0.15, 0.2) is 6.61 Å². The summed E-state index contributed by atoms with van der Waals surface area (Å²) in [6.45, 7) is 2.44. The van der Waals surface area contributed by atoms with E-state index in [2.05, 4.69) is 5.32 Å². The first-order valence-electron chi connectivity index (χ1n) is 10.1. The van der Waals surface area contributed by atoms with Crippen LogP contribution >= 0.6 is 0 Å². The molecule has 2 amide bonds. The molecule has 0 radical (unpaired) electrons. The van der Waals surface area contributed by atoms with Crippen molar-refractivity contribution in [2.24, 2.45) is 5.92 Å². The van der Waals surface area contributed by atoms with Crippen LogP contribution < -0.4 is 19.7 Å². The number of nitrogens with one attached hydrogen (secondary N) is 1. The smallest absolute Gasteiger partial charge is 0.311 e. The van der Waals surface area contributed by atoms with Crippen LogP contribution in [0.3, 0.4) is 0 Å². The molecule has 1 N–H and O–H groups in total. The number of amides is 2. The second kappa shape index (κ2) is 10.5. The van der Waals surface area contributed by atoms with Crippen molar-refractivity contribution >= 4 is 29.2 Å². The third-order valence-corrected chi connectivity index (χ3v) is 4.78. The fourth-order valence-electron chi connectivity index (χ4n) is 3.21. The molecule has 1 saturated heterocycles. The second-order valence-electron chi connectivity index (χ2n) is 7.14. The van der Waals surface area contributed by atoms with Crippen molar-refractivity contribution in [1.29, 1.82) is 0 Å². The number of anilines is 2. The first kappa shape index (κ1) is 22.1. The molecule has 2 aromatic carbocycles. The van der Waals surface area contributed by atoms with E-state index in [-0.39, 0.29) is 18.9 Å². The third-order valence-electron chi connectivity index (χ3n) is 4.78. The molecule has 0 aliphatic carbocycles. The molecule has 0 saturated carbocycles. The van der Waals surface area contributed by atoms with E-state index in [0.29, 0.717) is 23.7 Å². The quantitative estimate of drug-likeness (QED) is 0.620. The normalized spacial score (nSPS) is 15.5. The van der Waals surface area contributed by atoms with Crippen LogP contribution in [0.4, 0.5) is 11.4 Å².